The number of hydrogen-bond acceptors (Lipinski definition) is 2. The van der Waals surface area contributed by atoms with E-state index < -0.39 is 0 Å². The third-order valence-electron chi connectivity index (χ3n) is 5.77. The molecule has 2 heteroatoms. The molecule has 4 unspecified atom stereocenters. The molecule has 2 rings (SSSR count). The second-order valence-corrected chi connectivity index (χ2v) is 7.21. The Bertz CT molecular complexity index is 266. The van der Waals surface area contributed by atoms with Gasteiger partial charge in [0.15, 0.2) is 0 Å². The summed E-state index contributed by atoms with van der Waals surface area (Å²) in [7, 11) is 0. The highest BCUT2D eigenvalue weighted by atomic mass is 16.3. The molecule has 2 saturated carbocycles. The first kappa shape index (κ1) is 15.3. The maximum atomic E-state index is 9.97. The van der Waals surface area contributed by atoms with E-state index in [4.69, 9.17) is 0 Å². The fraction of sp³-hybridized carbons (Fsp3) is 1.00. The molecule has 2 fully saturated rings. The normalized spacial score (nSPS) is 42.0. The van der Waals surface area contributed by atoms with Crippen LogP contribution < -0.4 is 0 Å². The summed E-state index contributed by atoms with van der Waals surface area (Å²) in [5, 5.41) is 19.8. The molecule has 6 atom stereocenters. The minimum atomic E-state index is -0.0481. The quantitative estimate of drug-likeness (QED) is 0.815. The lowest BCUT2D eigenvalue weighted by Crippen LogP contribution is -2.31. The van der Waals surface area contributed by atoms with Crippen molar-refractivity contribution in [3.8, 4) is 0 Å². The first-order chi connectivity index (χ1) is 9.10. The summed E-state index contributed by atoms with van der Waals surface area (Å²) >= 11 is 0. The Morgan fingerprint density at radius 3 is 2.53 bits per heavy atom. The van der Waals surface area contributed by atoms with Gasteiger partial charge >= 0.3 is 0 Å². The van der Waals surface area contributed by atoms with Gasteiger partial charge in [0.1, 0.15) is 0 Å². The Kier molecular flexibility index (Phi) is 5.70. The summed E-state index contributed by atoms with van der Waals surface area (Å²) < 4.78 is 0. The van der Waals surface area contributed by atoms with E-state index in [2.05, 4.69) is 13.8 Å². The van der Waals surface area contributed by atoms with Crippen LogP contribution in [0.1, 0.15) is 71.6 Å². The highest BCUT2D eigenvalue weighted by Gasteiger charge is 2.31. The van der Waals surface area contributed by atoms with Crippen molar-refractivity contribution in [2.75, 3.05) is 0 Å². The first-order valence-corrected chi connectivity index (χ1v) is 8.46. The predicted molar refractivity (Wildman–Crippen MR) is 78.9 cm³/mol. The van der Waals surface area contributed by atoms with Gasteiger partial charge in [0.05, 0.1) is 12.2 Å². The van der Waals surface area contributed by atoms with Crippen LogP contribution in [0.5, 0.6) is 0 Å². The van der Waals surface area contributed by atoms with Crippen LogP contribution in [0.4, 0.5) is 0 Å². The van der Waals surface area contributed by atoms with E-state index in [1.54, 1.807) is 0 Å². The van der Waals surface area contributed by atoms with E-state index in [1.807, 2.05) is 0 Å². The number of hydrogen-bond donors (Lipinski definition) is 2. The van der Waals surface area contributed by atoms with Crippen molar-refractivity contribution in [3.63, 3.8) is 0 Å². The van der Waals surface area contributed by atoms with E-state index >= 15 is 0 Å². The van der Waals surface area contributed by atoms with Gasteiger partial charge in [-0.2, -0.15) is 0 Å². The van der Waals surface area contributed by atoms with Crippen LogP contribution in [0.2, 0.25) is 0 Å². The van der Waals surface area contributed by atoms with Crippen molar-refractivity contribution in [1.82, 2.24) is 0 Å². The summed E-state index contributed by atoms with van der Waals surface area (Å²) in [4.78, 5) is 0. The molecule has 0 saturated heterocycles. The van der Waals surface area contributed by atoms with Gasteiger partial charge in [-0.15, -0.1) is 0 Å². The SMILES string of the molecule is CC[C@H]1CC(CC(C)C2CCCC(O)C2)CC[C@H]1O. The smallest absolute Gasteiger partial charge is 0.0568 e. The standard InChI is InChI=1S/C17H32O2/c1-3-14-10-13(7-8-17(14)19)9-12(2)15-5-4-6-16(18)11-15/h12-19H,3-11H2,1-2H3/t12?,13?,14-,15?,16?,17+/m0/s1. The van der Waals surface area contributed by atoms with Crippen LogP contribution >= 0.6 is 0 Å². The second-order valence-electron chi connectivity index (χ2n) is 7.21. The van der Waals surface area contributed by atoms with Crippen molar-refractivity contribution in [1.29, 1.82) is 0 Å². The van der Waals surface area contributed by atoms with Gasteiger partial charge < -0.3 is 10.2 Å². The Morgan fingerprint density at radius 1 is 1.05 bits per heavy atom. The van der Waals surface area contributed by atoms with E-state index in [-0.39, 0.29) is 12.2 Å². The van der Waals surface area contributed by atoms with Crippen molar-refractivity contribution in [2.45, 2.75) is 83.8 Å². The van der Waals surface area contributed by atoms with Crippen LogP contribution in [-0.2, 0) is 0 Å². The van der Waals surface area contributed by atoms with Gasteiger partial charge in [-0.1, -0.05) is 33.1 Å². The molecule has 0 amide bonds. The van der Waals surface area contributed by atoms with Crippen molar-refractivity contribution in [3.05, 3.63) is 0 Å². The lowest BCUT2D eigenvalue weighted by molar-refractivity contribution is 0.0326. The maximum Gasteiger partial charge on any atom is 0.0568 e. The zero-order valence-corrected chi connectivity index (χ0v) is 12.7. The van der Waals surface area contributed by atoms with Crippen LogP contribution in [-0.4, -0.2) is 22.4 Å². The third-order valence-corrected chi connectivity index (χ3v) is 5.77. The molecular weight excluding hydrogens is 236 g/mol. The molecule has 0 spiro atoms. The van der Waals surface area contributed by atoms with Gasteiger partial charge in [0.25, 0.3) is 0 Å². The average molecular weight is 268 g/mol. The molecule has 2 aliphatic carbocycles. The fourth-order valence-electron chi connectivity index (χ4n) is 4.43. The molecule has 0 aromatic rings. The molecule has 19 heavy (non-hydrogen) atoms. The molecule has 2 N–H and O–H groups in total. The van der Waals surface area contributed by atoms with E-state index in [0.717, 1.165) is 43.4 Å². The van der Waals surface area contributed by atoms with Crippen LogP contribution in [0, 0.1) is 23.7 Å². The predicted octanol–water partition coefficient (Wildman–Crippen LogP) is 3.75. The van der Waals surface area contributed by atoms with Crippen molar-refractivity contribution >= 4 is 0 Å². The minimum absolute atomic E-state index is 0.0437. The maximum absolute atomic E-state index is 9.97. The molecule has 0 radical (unpaired) electrons. The average Bonchev–Trinajstić information content (AvgIpc) is 2.41. The zero-order valence-electron chi connectivity index (χ0n) is 12.7. The molecule has 0 aromatic heterocycles. The van der Waals surface area contributed by atoms with Crippen molar-refractivity contribution in [2.24, 2.45) is 23.7 Å². The van der Waals surface area contributed by atoms with Gasteiger partial charge in [0, 0.05) is 0 Å². The van der Waals surface area contributed by atoms with E-state index in [1.165, 1.54) is 32.1 Å². The lowest BCUT2D eigenvalue weighted by Gasteiger charge is -2.37. The summed E-state index contributed by atoms with van der Waals surface area (Å²) in [5.41, 5.74) is 0. The Labute approximate surface area is 118 Å². The fourth-order valence-corrected chi connectivity index (χ4v) is 4.43. The molecule has 112 valence electrons. The summed E-state index contributed by atoms with van der Waals surface area (Å²) in [5.74, 6) is 2.81. The van der Waals surface area contributed by atoms with Crippen molar-refractivity contribution < 1.29 is 10.2 Å². The highest BCUT2D eigenvalue weighted by Crippen LogP contribution is 2.39. The van der Waals surface area contributed by atoms with Crippen LogP contribution in [0.15, 0.2) is 0 Å². The van der Waals surface area contributed by atoms with Crippen LogP contribution in [0.3, 0.4) is 0 Å². The topological polar surface area (TPSA) is 40.5 Å². The second kappa shape index (κ2) is 7.08. The Balaban J connectivity index is 1.80. The molecule has 2 nitrogen and oxygen atoms in total. The Hall–Kier alpha value is -0.0800. The van der Waals surface area contributed by atoms with Gasteiger partial charge in [-0.05, 0) is 62.2 Å². The lowest BCUT2D eigenvalue weighted by atomic mass is 9.71. The highest BCUT2D eigenvalue weighted by molar-refractivity contribution is 4.83. The van der Waals surface area contributed by atoms with Gasteiger partial charge in [-0.3, -0.25) is 0 Å². The molecular formula is C17H32O2. The molecule has 0 aromatic carbocycles. The third kappa shape index (κ3) is 4.19. The van der Waals surface area contributed by atoms with E-state index in [9.17, 15) is 10.2 Å². The zero-order chi connectivity index (χ0) is 13.8. The first-order valence-electron chi connectivity index (χ1n) is 8.46. The van der Waals surface area contributed by atoms with E-state index in [0.29, 0.717) is 5.92 Å². The Morgan fingerprint density at radius 2 is 1.84 bits per heavy atom. The van der Waals surface area contributed by atoms with Gasteiger partial charge in [0.2, 0.25) is 0 Å². The number of rotatable bonds is 4. The molecule has 0 aliphatic heterocycles. The van der Waals surface area contributed by atoms with Gasteiger partial charge in [-0.25, -0.2) is 0 Å². The van der Waals surface area contributed by atoms with Crippen LogP contribution in [0.25, 0.3) is 0 Å². The summed E-state index contributed by atoms with van der Waals surface area (Å²) in [6.45, 7) is 4.59. The molecule has 0 heterocycles. The number of aliphatic hydroxyl groups excluding tert-OH is 2. The number of aliphatic hydroxyl groups is 2. The molecule has 0 bridgehead atoms. The summed E-state index contributed by atoms with van der Waals surface area (Å²) in [6, 6.07) is 0. The largest absolute Gasteiger partial charge is 0.393 e. The monoisotopic (exact) mass is 268 g/mol. The minimum Gasteiger partial charge on any atom is -0.393 e. The summed E-state index contributed by atoms with van der Waals surface area (Å²) in [6.07, 6.45) is 10.3. The molecule has 2 aliphatic rings.